The van der Waals surface area contributed by atoms with Crippen molar-refractivity contribution in [3.63, 3.8) is 0 Å². The van der Waals surface area contributed by atoms with E-state index in [1.807, 2.05) is 6.07 Å². The van der Waals surface area contributed by atoms with E-state index in [1.165, 1.54) is 33.7 Å². The molecule has 0 bridgehead atoms. The number of hydrogen-bond acceptors (Lipinski definition) is 8. The van der Waals surface area contributed by atoms with Crippen LogP contribution >= 0.6 is 0 Å². The highest BCUT2D eigenvalue weighted by atomic mass is 16.5. The molecule has 0 unspecified atom stereocenters. The molecule has 1 amide bonds. The molecule has 158 valence electrons. The average Bonchev–Trinajstić information content (AvgIpc) is 2.79. The first-order valence-corrected chi connectivity index (χ1v) is 9.58. The fraction of sp³-hybridized carbons (Fsp3) is 0.429. The first-order chi connectivity index (χ1) is 14.6. The fourth-order valence-electron chi connectivity index (χ4n) is 3.45. The summed E-state index contributed by atoms with van der Waals surface area (Å²) < 4.78 is 21.8. The van der Waals surface area contributed by atoms with Crippen LogP contribution in [0, 0.1) is 11.3 Å². The first-order valence-electron chi connectivity index (χ1n) is 9.58. The van der Waals surface area contributed by atoms with Gasteiger partial charge in [-0.3, -0.25) is 4.79 Å². The van der Waals surface area contributed by atoms with Gasteiger partial charge >= 0.3 is 0 Å². The maximum atomic E-state index is 12.8. The van der Waals surface area contributed by atoms with E-state index in [4.69, 9.17) is 24.2 Å². The van der Waals surface area contributed by atoms with E-state index in [0.29, 0.717) is 22.8 Å². The van der Waals surface area contributed by atoms with Gasteiger partial charge in [-0.1, -0.05) is 0 Å². The van der Waals surface area contributed by atoms with Crippen LogP contribution in [0.5, 0.6) is 23.1 Å². The molecule has 1 fully saturated rings. The van der Waals surface area contributed by atoms with Gasteiger partial charge in [0.25, 0.3) is 11.8 Å². The maximum Gasteiger partial charge on any atom is 0.251 e. The Bertz CT molecular complexity index is 910. The molecule has 0 aliphatic heterocycles. The van der Waals surface area contributed by atoms with Crippen molar-refractivity contribution in [3.05, 3.63) is 35.8 Å². The highest BCUT2D eigenvalue weighted by molar-refractivity contribution is 5.95. The molecule has 1 aliphatic carbocycles. The van der Waals surface area contributed by atoms with Crippen molar-refractivity contribution >= 4 is 5.91 Å². The molecular formula is C21H24N4O5. The van der Waals surface area contributed by atoms with Gasteiger partial charge < -0.3 is 24.3 Å². The first kappa shape index (κ1) is 21.2. The van der Waals surface area contributed by atoms with Gasteiger partial charge in [-0.05, 0) is 37.8 Å². The van der Waals surface area contributed by atoms with Crippen LogP contribution in [0.2, 0.25) is 0 Å². The van der Waals surface area contributed by atoms with E-state index >= 15 is 0 Å². The summed E-state index contributed by atoms with van der Waals surface area (Å²) in [6.45, 7) is 0. The minimum atomic E-state index is -0.209. The summed E-state index contributed by atoms with van der Waals surface area (Å²) in [5.41, 5.74) is 0.608. The molecule has 1 heterocycles. The Balaban J connectivity index is 1.60. The minimum Gasteiger partial charge on any atom is -0.493 e. The lowest BCUT2D eigenvalue weighted by Gasteiger charge is -2.29. The van der Waals surface area contributed by atoms with Crippen LogP contribution in [0.3, 0.4) is 0 Å². The summed E-state index contributed by atoms with van der Waals surface area (Å²) in [5, 5.41) is 12.2. The van der Waals surface area contributed by atoms with Crippen molar-refractivity contribution in [2.45, 2.75) is 37.8 Å². The molecule has 1 aromatic heterocycles. The van der Waals surface area contributed by atoms with Crippen LogP contribution in [0.1, 0.15) is 41.7 Å². The second kappa shape index (κ2) is 9.78. The van der Waals surface area contributed by atoms with Crippen molar-refractivity contribution in [1.29, 1.82) is 5.26 Å². The molecule has 30 heavy (non-hydrogen) atoms. The van der Waals surface area contributed by atoms with Crippen molar-refractivity contribution in [3.8, 4) is 29.2 Å². The molecule has 1 aliphatic rings. The Kier molecular flexibility index (Phi) is 6.91. The van der Waals surface area contributed by atoms with E-state index in [9.17, 15) is 4.79 Å². The number of benzene rings is 1. The van der Waals surface area contributed by atoms with Crippen LogP contribution in [0.15, 0.2) is 24.5 Å². The van der Waals surface area contributed by atoms with Gasteiger partial charge in [0.2, 0.25) is 11.4 Å². The van der Waals surface area contributed by atoms with Gasteiger partial charge in [0.05, 0.1) is 21.3 Å². The number of methoxy groups -OCH3 is 3. The van der Waals surface area contributed by atoms with Crippen LogP contribution in [-0.4, -0.2) is 49.4 Å². The van der Waals surface area contributed by atoms with Gasteiger partial charge in [0.15, 0.2) is 11.5 Å². The standard InChI is InChI=1S/C21H24N4O5/c1-27-17-10-13(11-18(28-2)19(17)29-3)20(26)25-14-4-6-15(7-5-14)30-21-16(12-22)23-8-9-24-21/h8-11,14-15H,4-7H2,1-3H3,(H,25,26). The maximum absolute atomic E-state index is 12.8. The van der Waals surface area contributed by atoms with E-state index in [1.54, 1.807) is 12.1 Å². The number of carbonyl (C=O) groups excluding carboxylic acids is 1. The lowest BCUT2D eigenvalue weighted by molar-refractivity contribution is 0.0888. The zero-order chi connectivity index (χ0) is 21.5. The number of nitriles is 1. The van der Waals surface area contributed by atoms with Gasteiger partial charge in [-0.2, -0.15) is 5.26 Å². The van der Waals surface area contributed by atoms with Crippen molar-refractivity contribution in [1.82, 2.24) is 15.3 Å². The van der Waals surface area contributed by atoms with Crippen molar-refractivity contribution < 1.29 is 23.7 Å². The van der Waals surface area contributed by atoms with Crippen LogP contribution in [0.4, 0.5) is 0 Å². The smallest absolute Gasteiger partial charge is 0.251 e. The van der Waals surface area contributed by atoms with E-state index in [-0.39, 0.29) is 29.6 Å². The number of rotatable bonds is 7. The van der Waals surface area contributed by atoms with Crippen molar-refractivity contribution in [2.24, 2.45) is 0 Å². The largest absolute Gasteiger partial charge is 0.493 e. The Morgan fingerprint density at radius 3 is 2.23 bits per heavy atom. The molecule has 0 saturated heterocycles. The second-order valence-corrected chi connectivity index (χ2v) is 6.80. The zero-order valence-electron chi connectivity index (χ0n) is 17.2. The third-order valence-electron chi connectivity index (χ3n) is 4.99. The number of nitrogens with one attached hydrogen (secondary N) is 1. The van der Waals surface area contributed by atoms with Crippen molar-refractivity contribution in [2.75, 3.05) is 21.3 Å². The third-order valence-corrected chi connectivity index (χ3v) is 4.99. The lowest BCUT2D eigenvalue weighted by Crippen LogP contribution is -2.39. The monoisotopic (exact) mass is 412 g/mol. The van der Waals surface area contributed by atoms with E-state index in [0.717, 1.165) is 25.7 Å². The molecule has 2 aromatic rings. The molecule has 1 saturated carbocycles. The summed E-state index contributed by atoms with van der Waals surface area (Å²) in [6, 6.07) is 5.26. The summed E-state index contributed by atoms with van der Waals surface area (Å²) >= 11 is 0. The van der Waals surface area contributed by atoms with Gasteiger partial charge in [-0.25, -0.2) is 9.97 Å². The molecule has 9 heteroatoms. The predicted molar refractivity (Wildman–Crippen MR) is 107 cm³/mol. The molecule has 0 radical (unpaired) electrons. The van der Waals surface area contributed by atoms with Crippen LogP contribution in [0.25, 0.3) is 0 Å². The number of carbonyl (C=O) groups is 1. The fourth-order valence-corrected chi connectivity index (χ4v) is 3.45. The Morgan fingerprint density at radius 2 is 1.67 bits per heavy atom. The highest BCUT2D eigenvalue weighted by Crippen LogP contribution is 2.38. The van der Waals surface area contributed by atoms with Gasteiger partial charge in [0.1, 0.15) is 12.2 Å². The van der Waals surface area contributed by atoms with Crippen LogP contribution in [-0.2, 0) is 0 Å². The molecular weight excluding hydrogens is 388 g/mol. The third kappa shape index (κ3) is 4.71. The second-order valence-electron chi connectivity index (χ2n) is 6.80. The Labute approximate surface area is 174 Å². The molecule has 0 atom stereocenters. The molecule has 1 aromatic carbocycles. The SMILES string of the molecule is COc1cc(C(=O)NC2CCC(Oc3nccnc3C#N)CC2)cc(OC)c1OC. The Morgan fingerprint density at radius 1 is 1.03 bits per heavy atom. The van der Waals surface area contributed by atoms with E-state index < -0.39 is 0 Å². The predicted octanol–water partition coefficient (Wildman–Crippen LogP) is 2.49. The average molecular weight is 412 g/mol. The summed E-state index contributed by atoms with van der Waals surface area (Å²) in [6.07, 6.45) is 5.87. The Hall–Kier alpha value is -3.54. The summed E-state index contributed by atoms with van der Waals surface area (Å²) in [7, 11) is 4.53. The highest BCUT2D eigenvalue weighted by Gasteiger charge is 2.26. The van der Waals surface area contributed by atoms with Gasteiger partial charge in [-0.15, -0.1) is 0 Å². The van der Waals surface area contributed by atoms with E-state index in [2.05, 4.69) is 15.3 Å². The lowest BCUT2D eigenvalue weighted by atomic mass is 9.92. The number of amides is 1. The minimum absolute atomic E-state index is 0.0220. The number of ether oxygens (including phenoxy) is 4. The quantitative estimate of drug-likeness (QED) is 0.737. The zero-order valence-corrected chi connectivity index (χ0v) is 17.2. The normalized spacial score (nSPS) is 18.1. The summed E-state index contributed by atoms with van der Waals surface area (Å²) in [4.78, 5) is 20.8. The number of aromatic nitrogens is 2. The van der Waals surface area contributed by atoms with Gasteiger partial charge in [0, 0.05) is 24.0 Å². The molecule has 9 nitrogen and oxygen atoms in total. The molecule has 0 spiro atoms. The summed E-state index contributed by atoms with van der Waals surface area (Å²) in [5.74, 6) is 1.34. The molecule has 1 N–H and O–H groups in total. The van der Waals surface area contributed by atoms with Crippen LogP contribution < -0.4 is 24.3 Å². The number of hydrogen-bond donors (Lipinski definition) is 1. The molecule has 3 rings (SSSR count). The number of nitrogens with zero attached hydrogens (tertiary/aromatic N) is 3. The topological polar surface area (TPSA) is 116 Å².